The van der Waals surface area contributed by atoms with E-state index in [1.807, 2.05) is 13.0 Å². The fourth-order valence-corrected chi connectivity index (χ4v) is 6.13. The second-order valence-electron chi connectivity index (χ2n) is 8.73. The van der Waals surface area contributed by atoms with E-state index in [-0.39, 0.29) is 35.6 Å². The van der Waals surface area contributed by atoms with Crippen LogP contribution in [0.15, 0.2) is 47.1 Å². The predicted octanol–water partition coefficient (Wildman–Crippen LogP) is 3.89. The third kappa shape index (κ3) is 2.25. The third-order valence-electron chi connectivity index (χ3n) is 7.20. The van der Waals surface area contributed by atoms with Gasteiger partial charge in [-0.05, 0) is 31.9 Å². The van der Waals surface area contributed by atoms with Crippen molar-refractivity contribution in [3.05, 3.63) is 47.1 Å². The number of hydrogen-bond donors (Lipinski definition) is 2. The summed E-state index contributed by atoms with van der Waals surface area (Å²) in [6, 6.07) is 0. The summed E-state index contributed by atoms with van der Waals surface area (Å²) < 4.78 is 6.55. The Morgan fingerprint density at radius 3 is 2.50 bits per heavy atom. The maximum absolute atomic E-state index is 11.2. The highest BCUT2D eigenvalue weighted by Gasteiger charge is 2.71. The van der Waals surface area contributed by atoms with E-state index in [0.29, 0.717) is 0 Å². The number of carboxylic acid groups (broad SMARTS) is 1. The molecule has 0 aromatic rings. The topological polar surface area (TPSA) is 66.8 Å². The lowest BCUT2D eigenvalue weighted by Crippen LogP contribution is -2.52. The van der Waals surface area contributed by atoms with Gasteiger partial charge in [-0.1, -0.05) is 50.6 Å². The highest BCUT2D eigenvalue weighted by atomic mass is 16.5. The first-order valence-electron chi connectivity index (χ1n) is 9.27. The van der Waals surface area contributed by atoms with Gasteiger partial charge in [-0.3, -0.25) is 0 Å². The third-order valence-corrected chi connectivity index (χ3v) is 7.20. The number of rotatable bonds is 4. The summed E-state index contributed by atoms with van der Waals surface area (Å²) in [5.41, 5.74) is 2.35. The summed E-state index contributed by atoms with van der Waals surface area (Å²) in [5, 5.41) is 19.2. The molecule has 0 bridgehead atoms. The van der Waals surface area contributed by atoms with Crippen molar-refractivity contribution in [1.29, 1.82) is 0 Å². The molecule has 0 aromatic heterocycles. The quantitative estimate of drug-likeness (QED) is 0.591. The lowest BCUT2D eigenvalue weighted by molar-refractivity contribution is -0.131. The van der Waals surface area contributed by atoms with Crippen LogP contribution in [0.4, 0.5) is 0 Å². The molecule has 6 atom stereocenters. The van der Waals surface area contributed by atoms with Gasteiger partial charge < -0.3 is 14.9 Å². The molecule has 4 heteroatoms. The molecule has 3 rings (SSSR count). The number of aliphatic carboxylic acids is 1. The van der Waals surface area contributed by atoms with Crippen molar-refractivity contribution in [1.82, 2.24) is 0 Å². The maximum Gasteiger partial charge on any atom is 0.328 e. The number of carboxylic acids is 1. The normalized spacial score (nSPS) is 44.9. The molecule has 26 heavy (non-hydrogen) atoms. The van der Waals surface area contributed by atoms with Crippen LogP contribution in [0.1, 0.15) is 41.5 Å². The molecule has 0 spiro atoms. The minimum Gasteiger partial charge on any atom is -0.478 e. The minimum absolute atomic E-state index is 0.0526. The van der Waals surface area contributed by atoms with Gasteiger partial charge in [0.1, 0.15) is 0 Å². The Hall–Kier alpha value is -1.65. The number of ether oxygens (including phenoxy) is 1. The summed E-state index contributed by atoms with van der Waals surface area (Å²) >= 11 is 0. The molecular formula is C22H30O4. The Balaban J connectivity index is 2.24. The Bertz CT molecular complexity index is 758. The average Bonchev–Trinajstić information content (AvgIpc) is 2.92. The first kappa shape index (κ1) is 19.1. The average molecular weight is 358 g/mol. The summed E-state index contributed by atoms with van der Waals surface area (Å²) in [7, 11) is 0. The molecule has 1 heterocycles. The smallest absolute Gasteiger partial charge is 0.328 e. The molecule has 142 valence electrons. The van der Waals surface area contributed by atoms with Crippen molar-refractivity contribution >= 4 is 5.97 Å². The maximum atomic E-state index is 11.2. The summed E-state index contributed by atoms with van der Waals surface area (Å²) in [6.07, 6.45) is 9.22. The van der Waals surface area contributed by atoms with Crippen LogP contribution in [0, 0.1) is 22.2 Å². The van der Waals surface area contributed by atoms with Gasteiger partial charge in [-0.15, -0.1) is 0 Å². The number of aliphatic hydroxyl groups excluding tert-OH is 1. The molecule has 2 aliphatic carbocycles. The zero-order valence-electron chi connectivity index (χ0n) is 16.5. The molecule has 4 nitrogen and oxygen atoms in total. The Kier molecular flexibility index (Phi) is 4.36. The number of hydrogen-bond acceptors (Lipinski definition) is 3. The number of aliphatic hydroxyl groups is 1. The summed E-state index contributed by atoms with van der Waals surface area (Å²) in [4.78, 5) is 11.2. The molecular weight excluding hydrogens is 328 g/mol. The second-order valence-corrected chi connectivity index (χ2v) is 8.73. The van der Waals surface area contributed by atoms with E-state index in [9.17, 15) is 9.90 Å². The van der Waals surface area contributed by atoms with Crippen LogP contribution in [0.2, 0.25) is 0 Å². The monoisotopic (exact) mass is 358 g/mol. The zero-order valence-corrected chi connectivity index (χ0v) is 16.5. The van der Waals surface area contributed by atoms with Crippen LogP contribution in [-0.2, 0) is 9.53 Å². The highest BCUT2D eigenvalue weighted by Crippen LogP contribution is 2.71. The molecule has 1 aliphatic heterocycles. The molecule has 1 unspecified atom stereocenters. The lowest BCUT2D eigenvalue weighted by atomic mass is 9.50. The van der Waals surface area contributed by atoms with Crippen LogP contribution in [-0.4, -0.2) is 35.0 Å². The van der Waals surface area contributed by atoms with Crippen LogP contribution < -0.4 is 0 Å². The zero-order chi connectivity index (χ0) is 19.5. The first-order valence-corrected chi connectivity index (χ1v) is 9.27. The lowest BCUT2D eigenvalue weighted by Gasteiger charge is -2.52. The van der Waals surface area contributed by atoms with E-state index in [4.69, 9.17) is 9.84 Å². The van der Waals surface area contributed by atoms with Gasteiger partial charge in [-0.25, -0.2) is 4.79 Å². The van der Waals surface area contributed by atoms with Crippen molar-refractivity contribution in [2.24, 2.45) is 22.2 Å². The van der Waals surface area contributed by atoms with Gasteiger partial charge >= 0.3 is 5.97 Å². The van der Waals surface area contributed by atoms with Crippen molar-refractivity contribution in [2.45, 2.75) is 53.8 Å². The van der Waals surface area contributed by atoms with E-state index in [2.05, 4.69) is 46.8 Å². The van der Waals surface area contributed by atoms with Gasteiger partial charge in [0, 0.05) is 28.2 Å². The fourth-order valence-electron chi connectivity index (χ4n) is 6.13. The molecule has 3 aliphatic rings. The molecule has 0 amide bonds. The van der Waals surface area contributed by atoms with E-state index >= 15 is 0 Å². The van der Waals surface area contributed by atoms with E-state index < -0.39 is 11.4 Å². The van der Waals surface area contributed by atoms with E-state index in [1.165, 1.54) is 17.2 Å². The van der Waals surface area contributed by atoms with Crippen molar-refractivity contribution in [3.8, 4) is 0 Å². The molecule has 2 N–H and O–H groups in total. The van der Waals surface area contributed by atoms with Gasteiger partial charge in [-0.2, -0.15) is 0 Å². The molecule has 0 saturated carbocycles. The Labute approximate surface area is 155 Å². The van der Waals surface area contributed by atoms with Gasteiger partial charge in [0.2, 0.25) is 0 Å². The van der Waals surface area contributed by atoms with Crippen molar-refractivity contribution in [2.75, 3.05) is 6.61 Å². The Morgan fingerprint density at radius 2 is 1.96 bits per heavy atom. The highest BCUT2D eigenvalue weighted by molar-refractivity contribution is 5.80. The van der Waals surface area contributed by atoms with Gasteiger partial charge in [0.05, 0.1) is 18.8 Å². The van der Waals surface area contributed by atoms with Crippen molar-refractivity contribution in [3.63, 3.8) is 0 Å². The summed E-state index contributed by atoms with van der Waals surface area (Å²) in [6.45, 7) is 12.7. The number of allylic oxidation sites excluding steroid dienone is 4. The van der Waals surface area contributed by atoms with E-state index in [1.54, 1.807) is 6.08 Å². The van der Waals surface area contributed by atoms with Crippen LogP contribution in [0.25, 0.3) is 0 Å². The van der Waals surface area contributed by atoms with Crippen LogP contribution >= 0.6 is 0 Å². The van der Waals surface area contributed by atoms with Crippen LogP contribution in [0.3, 0.4) is 0 Å². The fraction of sp³-hybridized carbons (Fsp3) is 0.591. The summed E-state index contributed by atoms with van der Waals surface area (Å²) in [5.74, 6) is -0.837. The number of carbonyl (C=O) groups is 1. The molecule has 1 saturated heterocycles. The molecule has 0 aromatic carbocycles. The van der Waals surface area contributed by atoms with Gasteiger partial charge in [0.25, 0.3) is 0 Å². The minimum atomic E-state index is -0.954. The first-order chi connectivity index (χ1) is 12.0. The largest absolute Gasteiger partial charge is 0.478 e. The van der Waals surface area contributed by atoms with E-state index in [0.717, 1.165) is 5.57 Å². The Morgan fingerprint density at radius 1 is 1.31 bits per heavy atom. The van der Waals surface area contributed by atoms with Gasteiger partial charge in [0.15, 0.2) is 0 Å². The van der Waals surface area contributed by atoms with Crippen molar-refractivity contribution < 1.29 is 19.7 Å². The predicted molar refractivity (Wildman–Crippen MR) is 102 cm³/mol. The second kappa shape index (κ2) is 5.93. The van der Waals surface area contributed by atoms with Crippen LogP contribution in [0.5, 0.6) is 0 Å². The SMILES string of the molecule is C/C=C(\C)[C@H]1OC2C(CO)=C[C@@](C)(/C=C/C(=O)O)[C@H]3C(C)=C[C@]1(C)[C@@]23C. The molecule has 1 fully saturated rings. The molecule has 0 radical (unpaired) electrons. The standard InChI is InChI=1S/C22H30O4/c1-7-13(2)18-21(5)10-14(3)17-20(4,9-8-16(24)25)11-15(12-23)19(26-18)22(17,21)6/h7-11,17-19,23H,12H2,1-6H3,(H,24,25)/b9-8+,13-7+/t17-,18-,19?,20-,21+,22-/m1/s1.